The fraction of sp³-hybridized carbons (Fsp3) is 0.318. The van der Waals surface area contributed by atoms with Crippen molar-refractivity contribution in [3.63, 3.8) is 0 Å². The molecule has 1 aliphatic heterocycles. The van der Waals surface area contributed by atoms with E-state index in [1.807, 2.05) is 40.9 Å². The third kappa shape index (κ3) is 4.22. The third-order valence-electron chi connectivity index (χ3n) is 5.34. The fourth-order valence-corrected chi connectivity index (χ4v) is 3.94. The van der Waals surface area contributed by atoms with Crippen molar-refractivity contribution in [1.82, 2.24) is 20.1 Å². The molecule has 1 fully saturated rings. The van der Waals surface area contributed by atoms with E-state index in [2.05, 4.69) is 10.6 Å². The first-order valence-corrected chi connectivity index (χ1v) is 10.3. The monoisotopic (exact) mass is 430 g/mol. The minimum absolute atomic E-state index is 0.0325. The van der Waals surface area contributed by atoms with Crippen LogP contribution in [-0.4, -0.2) is 54.8 Å². The van der Waals surface area contributed by atoms with Gasteiger partial charge in [-0.15, -0.1) is 0 Å². The van der Waals surface area contributed by atoms with E-state index in [0.717, 1.165) is 23.1 Å². The molecule has 2 heterocycles. The highest BCUT2D eigenvalue weighted by Gasteiger charge is 2.29. The second-order valence-corrected chi connectivity index (χ2v) is 7.71. The molecule has 2 aromatic carbocycles. The van der Waals surface area contributed by atoms with Crippen LogP contribution >= 0.6 is 11.6 Å². The van der Waals surface area contributed by atoms with E-state index in [1.54, 1.807) is 12.1 Å². The van der Waals surface area contributed by atoms with E-state index < -0.39 is 0 Å². The molecule has 6 nitrogen and oxygen atoms in total. The number of nitrogens with one attached hydrogen (secondary N) is 2. The van der Waals surface area contributed by atoms with E-state index >= 15 is 0 Å². The highest BCUT2D eigenvalue weighted by molar-refractivity contribution is 6.31. The zero-order valence-corrected chi connectivity index (χ0v) is 17.5. The molecule has 3 aromatic rings. The van der Waals surface area contributed by atoms with Crippen LogP contribution in [0.2, 0.25) is 5.02 Å². The minimum atomic E-state index is -0.280. The average Bonchev–Trinajstić information content (AvgIpc) is 3.27. The molecule has 0 aliphatic carbocycles. The van der Waals surface area contributed by atoms with Crippen molar-refractivity contribution in [3.05, 3.63) is 59.5 Å². The van der Waals surface area contributed by atoms with Crippen LogP contribution in [-0.2, 0) is 0 Å². The lowest BCUT2D eigenvalue weighted by Gasteiger charge is -2.22. The average molecular weight is 431 g/mol. The molecule has 1 aromatic heterocycles. The van der Waals surface area contributed by atoms with Crippen molar-refractivity contribution in [2.24, 2.45) is 0 Å². The molecule has 0 bridgehead atoms. The molecule has 0 spiro atoms. The molecule has 2 amide bonds. The number of ether oxygens (including phenoxy) is 1. The van der Waals surface area contributed by atoms with Gasteiger partial charge in [0.15, 0.2) is 0 Å². The van der Waals surface area contributed by atoms with Crippen LogP contribution in [0, 0.1) is 5.82 Å². The van der Waals surface area contributed by atoms with Gasteiger partial charge in [0.05, 0.1) is 24.4 Å². The second-order valence-electron chi connectivity index (χ2n) is 7.28. The van der Waals surface area contributed by atoms with Gasteiger partial charge in [0.25, 0.3) is 0 Å². The molecule has 158 valence electrons. The Morgan fingerprint density at radius 2 is 2.07 bits per heavy atom. The van der Waals surface area contributed by atoms with Gasteiger partial charge in [-0.25, -0.2) is 9.18 Å². The molecule has 1 saturated heterocycles. The maximum Gasteiger partial charge on any atom is 0.317 e. The first-order chi connectivity index (χ1) is 14.6. The Kier molecular flexibility index (Phi) is 6.11. The van der Waals surface area contributed by atoms with E-state index in [1.165, 1.54) is 12.1 Å². The summed E-state index contributed by atoms with van der Waals surface area (Å²) < 4.78 is 21.4. The van der Waals surface area contributed by atoms with Gasteiger partial charge >= 0.3 is 6.03 Å². The van der Waals surface area contributed by atoms with Gasteiger partial charge < -0.3 is 24.8 Å². The number of carbonyl (C=O) groups is 1. The number of aromatic nitrogens is 1. The summed E-state index contributed by atoms with van der Waals surface area (Å²) in [7, 11) is 1.87. The first-order valence-electron chi connectivity index (χ1n) is 9.95. The highest BCUT2D eigenvalue weighted by atomic mass is 35.5. The third-order valence-corrected chi connectivity index (χ3v) is 5.57. The van der Waals surface area contributed by atoms with E-state index in [4.69, 9.17) is 16.3 Å². The number of halogens is 2. The Balaban J connectivity index is 1.52. The molecule has 0 radical (unpaired) electrons. The summed E-state index contributed by atoms with van der Waals surface area (Å²) in [4.78, 5) is 13.9. The predicted octanol–water partition coefficient (Wildman–Crippen LogP) is 3.81. The van der Waals surface area contributed by atoms with E-state index in [9.17, 15) is 9.18 Å². The quantitative estimate of drug-likeness (QED) is 0.571. The van der Waals surface area contributed by atoms with Gasteiger partial charge in [-0.05, 0) is 49.5 Å². The molecule has 30 heavy (non-hydrogen) atoms. The van der Waals surface area contributed by atoms with Crippen LogP contribution in [0.15, 0.2) is 48.7 Å². The number of rotatable bonds is 8. The van der Waals surface area contributed by atoms with Gasteiger partial charge in [-0.2, -0.15) is 0 Å². The number of amides is 2. The van der Waals surface area contributed by atoms with Gasteiger partial charge in [0.1, 0.15) is 11.6 Å². The van der Waals surface area contributed by atoms with Gasteiger partial charge in [0.2, 0.25) is 0 Å². The summed E-state index contributed by atoms with van der Waals surface area (Å²) in [6.07, 6.45) is 2.61. The van der Waals surface area contributed by atoms with Crippen molar-refractivity contribution in [3.8, 4) is 11.4 Å². The largest absolute Gasteiger partial charge is 0.491 e. The molecule has 8 heteroatoms. The molecule has 1 unspecified atom stereocenters. The van der Waals surface area contributed by atoms with Crippen LogP contribution in [0.3, 0.4) is 0 Å². The van der Waals surface area contributed by atoms with Crippen LogP contribution < -0.4 is 15.4 Å². The van der Waals surface area contributed by atoms with Gasteiger partial charge in [-0.3, -0.25) is 0 Å². The highest BCUT2D eigenvalue weighted by Crippen LogP contribution is 2.33. The predicted molar refractivity (Wildman–Crippen MR) is 116 cm³/mol. The second kappa shape index (κ2) is 8.93. The lowest BCUT2D eigenvalue weighted by Crippen LogP contribution is -2.39. The van der Waals surface area contributed by atoms with E-state index in [-0.39, 0.29) is 17.9 Å². The SMILES string of the molecule is CNCCN1C(=O)NCC1CCOc1cn(-c2ccc(F)cc2)c2ccc(Cl)cc12. The van der Waals surface area contributed by atoms with Crippen LogP contribution in [0.5, 0.6) is 5.75 Å². The van der Waals surface area contributed by atoms with Crippen LogP contribution in [0.25, 0.3) is 16.6 Å². The number of nitrogens with zero attached hydrogens (tertiary/aromatic N) is 2. The summed E-state index contributed by atoms with van der Waals surface area (Å²) in [5, 5.41) is 7.48. The minimum Gasteiger partial charge on any atom is -0.491 e. The van der Waals surface area contributed by atoms with Gasteiger partial charge in [0, 0.05) is 42.2 Å². The summed E-state index contributed by atoms with van der Waals surface area (Å²) >= 11 is 6.22. The molecular weight excluding hydrogens is 407 g/mol. The van der Waals surface area contributed by atoms with Crippen molar-refractivity contribution in [2.45, 2.75) is 12.5 Å². The van der Waals surface area contributed by atoms with Crippen molar-refractivity contribution in [1.29, 1.82) is 0 Å². The lowest BCUT2D eigenvalue weighted by atomic mass is 10.2. The Morgan fingerprint density at radius 1 is 1.27 bits per heavy atom. The maximum absolute atomic E-state index is 13.3. The van der Waals surface area contributed by atoms with Crippen molar-refractivity contribution >= 4 is 28.5 Å². The molecular formula is C22H24ClFN4O2. The summed E-state index contributed by atoms with van der Waals surface area (Å²) in [6, 6.07) is 12.0. The van der Waals surface area contributed by atoms with Crippen molar-refractivity contribution < 1.29 is 13.9 Å². The number of hydrogen-bond acceptors (Lipinski definition) is 3. The number of fused-ring (bicyclic) bond motifs is 1. The Bertz CT molecular complexity index is 1040. The first kappa shape index (κ1) is 20.5. The number of hydrogen-bond donors (Lipinski definition) is 2. The van der Waals surface area contributed by atoms with Crippen LogP contribution in [0.4, 0.5) is 9.18 Å². The molecule has 2 N–H and O–H groups in total. The van der Waals surface area contributed by atoms with Gasteiger partial charge in [-0.1, -0.05) is 11.6 Å². The Hall–Kier alpha value is -2.77. The van der Waals surface area contributed by atoms with Crippen molar-refractivity contribution in [2.75, 3.05) is 33.3 Å². The summed E-state index contributed by atoms with van der Waals surface area (Å²) in [6.45, 7) is 2.49. The standard InChI is InChI=1S/C22H24ClFN4O2/c1-25-9-10-27-18(13-26-22(27)29)8-11-30-21-14-28(17-5-3-16(24)4-6-17)20-7-2-15(23)12-19(20)21/h2-7,12,14,18,25H,8-11,13H2,1H3,(H,26,29). The Morgan fingerprint density at radius 3 is 2.83 bits per heavy atom. The number of urea groups is 1. The Labute approximate surface area is 179 Å². The zero-order chi connectivity index (χ0) is 21.1. The number of likely N-dealkylation sites (N-methyl/N-ethyl adjacent to an activating group) is 1. The van der Waals surface area contributed by atoms with Crippen LogP contribution in [0.1, 0.15) is 6.42 Å². The van der Waals surface area contributed by atoms with E-state index in [0.29, 0.717) is 36.9 Å². The number of carbonyl (C=O) groups excluding carboxylic acids is 1. The zero-order valence-electron chi connectivity index (χ0n) is 16.7. The lowest BCUT2D eigenvalue weighted by molar-refractivity contribution is 0.192. The fourth-order valence-electron chi connectivity index (χ4n) is 3.76. The molecule has 1 atom stereocenters. The molecule has 1 aliphatic rings. The molecule has 0 saturated carbocycles. The molecule has 4 rings (SSSR count). The summed E-state index contributed by atoms with van der Waals surface area (Å²) in [5.74, 6) is 0.424. The topological polar surface area (TPSA) is 58.5 Å². The smallest absolute Gasteiger partial charge is 0.317 e. The maximum atomic E-state index is 13.3. The number of benzene rings is 2. The normalized spacial score (nSPS) is 16.3. The summed E-state index contributed by atoms with van der Waals surface area (Å²) in [5.41, 5.74) is 1.76.